The Morgan fingerprint density at radius 1 is 1.09 bits per heavy atom. The van der Waals surface area contributed by atoms with E-state index in [9.17, 15) is 14.0 Å². The number of aryl methyl sites for hydroxylation is 1. The number of hydrogen-bond acceptors (Lipinski definition) is 8. The van der Waals surface area contributed by atoms with Crippen LogP contribution >= 0.6 is 0 Å². The molecule has 2 aliphatic rings. The minimum Gasteiger partial charge on any atom is -0.496 e. The number of fused-ring (bicyclic) bond motifs is 1. The summed E-state index contributed by atoms with van der Waals surface area (Å²) < 4.78 is 27.2. The van der Waals surface area contributed by atoms with Crippen molar-refractivity contribution in [3.8, 4) is 22.7 Å². The molecule has 1 saturated heterocycles. The number of methoxy groups -OCH3 is 1. The van der Waals surface area contributed by atoms with E-state index in [1.54, 1.807) is 21.7 Å². The topological polar surface area (TPSA) is 103 Å². The number of amides is 1. The zero-order chi connectivity index (χ0) is 33.8. The highest BCUT2D eigenvalue weighted by atomic mass is 19.1. The van der Waals surface area contributed by atoms with Gasteiger partial charge in [0.15, 0.2) is 5.65 Å². The number of ether oxygens (including phenoxy) is 2. The molecule has 6 rings (SSSR count). The Hall–Kier alpha value is -4.54. The van der Waals surface area contributed by atoms with E-state index in [0.717, 1.165) is 35.0 Å². The highest BCUT2D eigenvalue weighted by molar-refractivity contribution is 5.92. The minimum atomic E-state index is -0.602. The van der Waals surface area contributed by atoms with Gasteiger partial charge < -0.3 is 19.3 Å². The van der Waals surface area contributed by atoms with E-state index in [4.69, 9.17) is 19.4 Å². The van der Waals surface area contributed by atoms with Crippen LogP contribution in [0.25, 0.3) is 28.0 Å². The van der Waals surface area contributed by atoms with Gasteiger partial charge in [-0.1, -0.05) is 13.8 Å². The third-order valence-electron chi connectivity index (χ3n) is 8.79. The molecule has 1 aromatic carbocycles. The molecule has 0 bridgehead atoms. The quantitative estimate of drug-likeness (QED) is 0.228. The molecule has 0 radical (unpaired) electrons. The predicted molar refractivity (Wildman–Crippen MR) is 180 cm³/mol. The second-order valence-electron chi connectivity index (χ2n) is 14.0. The predicted octanol–water partition coefficient (Wildman–Crippen LogP) is 6.75. The van der Waals surface area contributed by atoms with E-state index in [1.807, 2.05) is 54.5 Å². The lowest BCUT2D eigenvalue weighted by molar-refractivity contribution is 0.0218. The SMILES string of the molecule is COc1cc(F)ccc1-c1nc2c(cc1C1CC1)c(N1CCN(C(=O)OC(C)(C)C)CC1C)nc(=O)n2-c1c(C)ccnc1C(C)C. The molecule has 47 heavy (non-hydrogen) atoms. The number of carbonyl (C=O) groups excluding carboxylic acids is 1. The van der Waals surface area contributed by atoms with E-state index in [-0.39, 0.29) is 24.0 Å². The van der Waals surface area contributed by atoms with Gasteiger partial charge in [0.1, 0.15) is 23.0 Å². The average molecular weight is 643 g/mol. The highest BCUT2D eigenvalue weighted by Crippen LogP contribution is 2.47. The van der Waals surface area contributed by atoms with Crippen LogP contribution < -0.4 is 15.3 Å². The average Bonchev–Trinajstić information content (AvgIpc) is 3.85. The molecular formula is C36H43FN6O4. The summed E-state index contributed by atoms with van der Waals surface area (Å²) in [6.07, 6.45) is 3.38. The van der Waals surface area contributed by atoms with Gasteiger partial charge in [-0.15, -0.1) is 0 Å². The first-order chi connectivity index (χ1) is 22.3. The van der Waals surface area contributed by atoms with Crippen LogP contribution in [0.1, 0.15) is 83.0 Å². The standard InChI is InChI=1S/C36H43FN6O4/c1-20(2)29-31(21(3)13-14-38-29)43-33-27(18-26(23-9-10-23)30(39-33)25-12-11-24(37)17-28(25)46-8)32(40-34(43)44)42-16-15-41(19-22(42)4)35(45)47-36(5,6)7/h11-14,17-18,20,22-23H,9-10,15-16,19H2,1-8H3. The maximum atomic E-state index is 14.3. The number of rotatable bonds is 6. The number of halogens is 1. The molecule has 4 heterocycles. The zero-order valence-corrected chi connectivity index (χ0v) is 28.4. The number of benzene rings is 1. The van der Waals surface area contributed by atoms with Crippen LogP contribution in [0.2, 0.25) is 0 Å². The normalized spacial score (nSPS) is 17.0. The maximum absolute atomic E-state index is 14.3. The van der Waals surface area contributed by atoms with Crippen LogP contribution in [0.15, 0.2) is 41.3 Å². The fraction of sp³-hybridized carbons (Fsp3) is 0.472. The third kappa shape index (κ3) is 6.27. The number of pyridine rings is 2. The van der Waals surface area contributed by atoms with Crippen molar-refractivity contribution in [1.29, 1.82) is 0 Å². The molecular weight excluding hydrogens is 599 g/mol. The van der Waals surface area contributed by atoms with Crippen molar-refractivity contribution in [3.63, 3.8) is 0 Å². The molecule has 248 valence electrons. The zero-order valence-electron chi connectivity index (χ0n) is 28.4. The summed E-state index contributed by atoms with van der Waals surface area (Å²) in [7, 11) is 1.51. The molecule has 1 saturated carbocycles. The van der Waals surface area contributed by atoms with Gasteiger partial charge in [0.25, 0.3) is 0 Å². The van der Waals surface area contributed by atoms with Crippen LogP contribution in [0.4, 0.5) is 15.0 Å². The van der Waals surface area contributed by atoms with Crippen molar-refractivity contribution in [2.75, 3.05) is 31.6 Å². The summed E-state index contributed by atoms with van der Waals surface area (Å²) in [5.41, 5.74) is 3.95. The summed E-state index contributed by atoms with van der Waals surface area (Å²) in [6.45, 7) is 14.9. The van der Waals surface area contributed by atoms with Crippen LogP contribution in [0, 0.1) is 12.7 Å². The first-order valence-electron chi connectivity index (χ1n) is 16.3. The second-order valence-corrected chi connectivity index (χ2v) is 14.0. The molecule has 0 spiro atoms. The Morgan fingerprint density at radius 3 is 2.47 bits per heavy atom. The Balaban J connectivity index is 1.59. The monoisotopic (exact) mass is 642 g/mol. The van der Waals surface area contributed by atoms with Crippen LogP contribution in [0.5, 0.6) is 5.75 Å². The number of nitrogens with zero attached hydrogens (tertiary/aromatic N) is 6. The molecule has 2 fully saturated rings. The van der Waals surface area contributed by atoms with E-state index in [1.165, 1.54) is 19.2 Å². The van der Waals surface area contributed by atoms with Crippen molar-refractivity contribution >= 4 is 22.9 Å². The first kappa shape index (κ1) is 32.4. The molecule has 1 amide bonds. The number of piperazine rings is 1. The van der Waals surface area contributed by atoms with Gasteiger partial charge >= 0.3 is 11.8 Å². The Morgan fingerprint density at radius 2 is 1.83 bits per heavy atom. The molecule has 0 N–H and O–H groups in total. The van der Waals surface area contributed by atoms with E-state index in [0.29, 0.717) is 53.8 Å². The highest BCUT2D eigenvalue weighted by Gasteiger charge is 2.35. The lowest BCUT2D eigenvalue weighted by Gasteiger charge is -2.41. The molecule has 1 unspecified atom stereocenters. The van der Waals surface area contributed by atoms with Crippen molar-refractivity contribution < 1.29 is 18.7 Å². The molecule has 10 nitrogen and oxygen atoms in total. The Kier molecular flexibility index (Phi) is 8.44. The van der Waals surface area contributed by atoms with Gasteiger partial charge in [0, 0.05) is 43.5 Å². The van der Waals surface area contributed by atoms with Gasteiger partial charge in [-0.2, -0.15) is 4.98 Å². The lowest BCUT2D eigenvalue weighted by Crippen LogP contribution is -2.55. The second kappa shape index (κ2) is 12.2. The van der Waals surface area contributed by atoms with Crippen LogP contribution in [0.3, 0.4) is 0 Å². The minimum absolute atomic E-state index is 0.0230. The van der Waals surface area contributed by atoms with E-state index >= 15 is 0 Å². The smallest absolute Gasteiger partial charge is 0.410 e. The molecule has 1 atom stereocenters. The van der Waals surface area contributed by atoms with E-state index in [2.05, 4.69) is 16.0 Å². The largest absolute Gasteiger partial charge is 0.496 e. The molecule has 1 aliphatic heterocycles. The number of carbonyl (C=O) groups is 1. The van der Waals surface area contributed by atoms with Gasteiger partial charge in [0.2, 0.25) is 0 Å². The fourth-order valence-corrected chi connectivity index (χ4v) is 6.40. The van der Waals surface area contributed by atoms with Crippen LogP contribution in [-0.2, 0) is 4.74 Å². The number of anilines is 1. The first-order valence-corrected chi connectivity index (χ1v) is 16.3. The van der Waals surface area contributed by atoms with Gasteiger partial charge in [0.05, 0.1) is 29.6 Å². The summed E-state index contributed by atoms with van der Waals surface area (Å²) in [6, 6.07) is 8.27. The Bertz CT molecular complexity index is 1910. The molecule has 1 aliphatic carbocycles. The van der Waals surface area contributed by atoms with Gasteiger partial charge in [-0.25, -0.2) is 23.5 Å². The molecule has 4 aromatic rings. The molecule has 3 aromatic heterocycles. The van der Waals surface area contributed by atoms with Crippen molar-refractivity contribution in [2.24, 2.45) is 0 Å². The maximum Gasteiger partial charge on any atom is 0.410 e. The van der Waals surface area contributed by atoms with E-state index < -0.39 is 17.1 Å². The van der Waals surface area contributed by atoms with Gasteiger partial charge in [-0.3, -0.25) is 4.98 Å². The van der Waals surface area contributed by atoms with Crippen LogP contribution in [-0.4, -0.2) is 68.9 Å². The summed E-state index contributed by atoms with van der Waals surface area (Å²) in [5.74, 6) is 0.772. The summed E-state index contributed by atoms with van der Waals surface area (Å²) in [5, 5.41) is 0.729. The Labute approximate surface area is 274 Å². The summed E-state index contributed by atoms with van der Waals surface area (Å²) in [4.78, 5) is 45.7. The number of hydrogen-bond donors (Lipinski definition) is 0. The van der Waals surface area contributed by atoms with Crippen molar-refractivity contribution in [1.82, 2.24) is 24.4 Å². The fourth-order valence-electron chi connectivity index (χ4n) is 6.40. The van der Waals surface area contributed by atoms with Crippen molar-refractivity contribution in [3.05, 3.63) is 69.7 Å². The van der Waals surface area contributed by atoms with Crippen molar-refractivity contribution in [2.45, 2.75) is 84.8 Å². The number of aromatic nitrogens is 4. The van der Waals surface area contributed by atoms with Gasteiger partial charge in [-0.05, 0) is 94.7 Å². The summed E-state index contributed by atoms with van der Waals surface area (Å²) >= 11 is 0. The third-order valence-corrected chi connectivity index (χ3v) is 8.79. The molecule has 11 heteroatoms. The lowest BCUT2D eigenvalue weighted by atomic mass is 9.99.